The SMILES string of the molecule is C/C=C(\C=N)c1c(C)cc(C)nc1C. The minimum Gasteiger partial charge on any atom is -0.308 e. The van der Waals surface area contributed by atoms with Crippen LogP contribution in [-0.4, -0.2) is 11.2 Å². The summed E-state index contributed by atoms with van der Waals surface area (Å²) in [6.45, 7) is 7.98. The number of hydrogen-bond acceptors (Lipinski definition) is 2. The second-order valence-electron chi connectivity index (χ2n) is 3.43. The van der Waals surface area contributed by atoms with Crippen LogP contribution in [0, 0.1) is 26.2 Å². The molecule has 0 radical (unpaired) electrons. The molecule has 0 spiro atoms. The van der Waals surface area contributed by atoms with Crippen molar-refractivity contribution in [3.8, 4) is 0 Å². The Morgan fingerprint density at radius 2 is 2.00 bits per heavy atom. The first-order chi connectivity index (χ1) is 6.60. The van der Waals surface area contributed by atoms with Crippen LogP contribution in [0.3, 0.4) is 0 Å². The minimum atomic E-state index is 0.938. The molecule has 0 aliphatic rings. The van der Waals surface area contributed by atoms with E-state index in [2.05, 4.69) is 18.0 Å². The number of nitrogens with one attached hydrogen (secondary N) is 1. The van der Waals surface area contributed by atoms with Crippen LogP contribution < -0.4 is 0 Å². The maximum Gasteiger partial charge on any atom is 0.0457 e. The fourth-order valence-corrected chi connectivity index (χ4v) is 1.76. The van der Waals surface area contributed by atoms with E-state index in [1.165, 1.54) is 11.8 Å². The van der Waals surface area contributed by atoms with Gasteiger partial charge < -0.3 is 5.41 Å². The molecule has 0 saturated heterocycles. The van der Waals surface area contributed by atoms with Gasteiger partial charge in [-0.25, -0.2) is 0 Å². The van der Waals surface area contributed by atoms with Crippen molar-refractivity contribution in [3.63, 3.8) is 0 Å². The number of allylic oxidation sites excluding steroid dienone is 2. The Labute approximate surface area is 85.2 Å². The van der Waals surface area contributed by atoms with Crippen molar-refractivity contribution in [2.24, 2.45) is 0 Å². The van der Waals surface area contributed by atoms with E-state index in [0.717, 1.165) is 22.5 Å². The third-order valence-electron chi connectivity index (χ3n) is 2.28. The average molecular weight is 188 g/mol. The lowest BCUT2D eigenvalue weighted by Gasteiger charge is -2.10. The van der Waals surface area contributed by atoms with Crippen molar-refractivity contribution in [3.05, 3.63) is 34.7 Å². The fourth-order valence-electron chi connectivity index (χ4n) is 1.76. The largest absolute Gasteiger partial charge is 0.308 e. The zero-order chi connectivity index (χ0) is 10.7. The molecule has 0 bridgehead atoms. The van der Waals surface area contributed by atoms with Crippen LogP contribution in [0.15, 0.2) is 12.1 Å². The van der Waals surface area contributed by atoms with Gasteiger partial charge >= 0.3 is 0 Å². The van der Waals surface area contributed by atoms with Crippen molar-refractivity contribution >= 4 is 11.8 Å². The second-order valence-corrected chi connectivity index (χ2v) is 3.43. The summed E-state index contributed by atoms with van der Waals surface area (Å²) >= 11 is 0. The van der Waals surface area contributed by atoms with Crippen molar-refractivity contribution in [1.29, 1.82) is 5.41 Å². The van der Waals surface area contributed by atoms with Gasteiger partial charge in [0.25, 0.3) is 0 Å². The zero-order valence-electron chi connectivity index (χ0n) is 9.18. The van der Waals surface area contributed by atoms with Crippen LogP contribution in [0.4, 0.5) is 0 Å². The average Bonchev–Trinajstić information content (AvgIpc) is 2.10. The molecular weight excluding hydrogens is 172 g/mol. The summed E-state index contributed by atoms with van der Waals surface area (Å²) in [5.41, 5.74) is 5.25. The number of nitrogens with zero attached hydrogens (tertiary/aromatic N) is 1. The molecule has 0 aliphatic carbocycles. The van der Waals surface area contributed by atoms with Crippen molar-refractivity contribution in [2.75, 3.05) is 0 Å². The van der Waals surface area contributed by atoms with Crippen molar-refractivity contribution in [2.45, 2.75) is 27.7 Å². The lowest BCUT2D eigenvalue weighted by atomic mass is 9.99. The summed E-state index contributed by atoms with van der Waals surface area (Å²) in [5.74, 6) is 0. The van der Waals surface area contributed by atoms with Gasteiger partial charge in [0, 0.05) is 23.2 Å². The molecule has 14 heavy (non-hydrogen) atoms. The first-order valence-electron chi connectivity index (χ1n) is 4.72. The Bertz CT molecular complexity index is 366. The highest BCUT2D eigenvalue weighted by Gasteiger charge is 2.07. The van der Waals surface area contributed by atoms with E-state index in [-0.39, 0.29) is 0 Å². The topological polar surface area (TPSA) is 36.7 Å². The summed E-state index contributed by atoms with van der Waals surface area (Å²) in [4.78, 5) is 4.41. The van der Waals surface area contributed by atoms with Crippen LogP contribution in [0.25, 0.3) is 5.57 Å². The second kappa shape index (κ2) is 4.18. The van der Waals surface area contributed by atoms with Gasteiger partial charge in [-0.1, -0.05) is 6.08 Å². The molecule has 1 rings (SSSR count). The van der Waals surface area contributed by atoms with Gasteiger partial charge in [-0.15, -0.1) is 0 Å². The van der Waals surface area contributed by atoms with E-state index >= 15 is 0 Å². The van der Waals surface area contributed by atoms with Crippen molar-refractivity contribution in [1.82, 2.24) is 4.98 Å². The number of aryl methyl sites for hydroxylation is 3. The fraction of sp³-hybridized carbons (Fsp3) is 0.333. The molecule has 2 heteroatoms. The van der Waals surface area contributed by atoms with Crippen LogP contribution in [-0.2, 0) is 0 Å². The molecule has 1 aromatic heterocycles. The number of hydrogen-bond donors (Lipinski definition) is 1. The zero-order valence-corrected chi connectivity index (χ0v) is 9.18. The minimum absolute atomic E-state index is 0.938. The summed E-state index contributed by atoms with van der Waals surface area (Å²) in [6, 6.07) is 2.05. The highest BCUT2D eigenvalue weighted by atomic mass is 14.7. The van der Waals surface area contributed by atoms with Crippen LogP contribution in [0.2, 0.25) is 0 Å². The van der Waals surface area contributed by atoms with E-state index in [1.54, 1.807) is 0 Å². The number of aromatic nitrogens is 1. The van der Waals surface area contributed by atoms with Gasteiger partial charge in [0.2, 0.25) is 0 Å². The normalized spacial score (nSPS) is 11.6. The van der Waals surface area contributed by atoms with E-state index < -0.39 is 0 Å². The van der Waals surface area contributed by atoms with Gasteiger partial charge in [-0.3, -0.25) is 4.98 Å². The smallest absolute Gasteiger partial charge is 0.0457 e. The molecule has 74 valence electrons. The molecule has 0 atom stereocenters. The lowest BCUT2D eigenvalue weighted by Crippen LogP contribution is -1.98. The quantitative estimate of drug-likeness (QED) is 0.711. The third-order valence-corrected chi connectivity index (χ3v) is 2.28. The molecule has 1 heterocycles. The maximum atomic E-state index is 7.32. The molecule has 0 aromatic carbocycles. The number of pyridine rings is 1. The Morgan fingerprint density at radius 1 is 1.36 bits per heavy atom. The van der Waals surface area contributed by atoms with Gasteiger partial charge in [0.1, 0.15) is 0 Å². The standard InChI is InChI=1S/C12H16N2/c1-5-11(7-13)12-8(2)6-9(3)14-10(12)4/h5-7,13H,1-4H3/b11-5+,13-7?. The Kier molecular flexibility index (Phi) is 3.18. The predicted octanol–water partition coefficient (Wildman–Crippen LogP) is 3.06. The highest BCUT2D eigenvalue weighted by Crippen LogP contribution is 2.20. The van der Waals surface area contributed by atoms with Crippen LogP contribution in [0.5, 0.6) is 0 Å². The molecule has 0 amide bonds. The van der Waals surface area contributed by atoms with E-state index in [1.807, 2.05) is 26.8 Å². The molecule has 0 unspecified atom stereocenters. The molecule has 1 aromatic rings. The molecule has 0 saturated carbocycles. The highest BCUT2D eigenvalue weighted by molar-refractivity contribution is 6.09. The van der Waals surface area contributed by atoms with E-state index in [9.17, 15) is 0 Å². The van der Waals surface area contributed by atoms with Gasteiger partial charge in [-0.05, 0) is 44.9 Å². The lowest BCUT2D eigenvalue weighted by molar-refractivity contribution is 1.09. The van der Waals surface area contributed by atoms with Crippen molar-refractivity contribution < 1.29 is 0 Å². The Morgan fingerprint density at radius 3 is 2.43 bits per heavy atom. The van der Waals surface area contributed by atoms with Crippen LogP contribution >= 0.6 is 0 Å². The van der Waals surface area contributed by atoms with E-state index in [0.29, 0.717) is 0 Å². The molecule has 0 aliphatic heterocycles. The van der Waals surface area contributed by atoms with Gasteiger partial charge in [0.15, 0.2) is 0 Å². The Hall–Kier alpha value is -1.44. The predicted molar refractivity (Wildman–Crippen MR) is 60.9 cm³/mol. The third kappa shape index (κ3) is 1.90. The van der Waals surface area contributed by atoms with Gasteiger partial charge in [-0.2, -0.15) is 0 Å². The van der Waals surface area contributed by atoms with Gasteiger partial charge in [0.05, 0.1) is 0 Å². The Balaban J connectivity index is 3.41. The molecule has 1 N–H and O–H groups in total. The van der Waals surface area contributed by atoms with E-state index in [4.69, 9.17) is 5.41 Å². The monoisotopic (exact) mass is 188 g/mol. The molecular formula is C12H16N2. The molecule has 2 nitrogen and oxygen atoms in total. The summed E-state index contributed by atoms with van der Waals surface area (Å²) in [5, 5.41) is 7.32. The first-order valence-corrected chi connectivity index (χ1v) is 4.72. The van der Waals surface area contributed by atoms with Crippen LogP contribution in [0.1, 0.15) is 29.4 Å². The molecule has 0 fully saturated rings. The summed E-state index contributed by atoms with van der Waals surface area (Å²) < 4.78 is 0. The maximum absolute atomic E-state index is 7.32. The summed E-state index contributed by atoms with van der Waals surface area (Å²) in [7, 11) is 0. The summed E-state index contributed by atoms with van der Waals surface area (Å²) in [6.07, 6.45) is 3.33. The first kappa shape index (κ1) is 10.6. The number of rotatable bonds is 2.